The molecule has 576 valence electrons. The smallest absolute Gasteiger partial charge is 0.311 e. The summed E-state index contributed by atoms with van der Waals surface area (Å²) < 4.78 is 39.4. The fourth-order valence-corrected chi connectivity index (χ4v) is 22.8. The van der Waals surface area contributed by atoms with Gasteiger partial charge in [0.05, 0.1) is 52.4 Å². The van der Waals surface area contributed by atoms with E-state index in [1.165, 1.54) is 92.5 Å². The van der Waals surface area contributed by atoms with Gasteiger partial charge < -0.3 is 28.4 Å². The van der Waals surface area contributed by atoms with E-state index in [1.54, 1.807) is 0 Å². The third-order valence-electron chi connectivity index (χ3n) is 29.2. The molecule has 0 aliphatic heterocycles. The van der Waals surface area contributed by atoms with Crippen LogP contribution >= 0.6 is 12.6 Å². The Labute approximate surface area is 654 Å². The Morgan fingerprint density at radius 2 is 0.697 bits per heavy atom. The summed E-state index contributed by atoms with van der Waals surface area (Å²) in [5, 5.41) is 15.2. The van der Waals surface area contributed by atoms with E-state index in [9.17, 15) is 14.4 Å². The maximum atomic E-state index is 12.8. The molecule has 12 bridgehead atoms. The van der Waals surface area contributed by atoms with Gasteiger partial charge in [0.15, 0.2) is 0 Å². The van der Waals surface area contributed by atoms with Crippen molar-refractivity contribution in [2.75, 3.05) is 0 Å². The fourth-order valence-electron chi connectivity index (χ4n) is 22.5. The van der Waals surface area contributed by atoms with E-state index in [2.05, 4.69) is 222 Å². The molecule has 9 nitrogen and oxygen atoms in total. The van der Waals surface area contributed by atoms with Crippen molar-refractivity contribution in [1.82, 2.24) is 0 Å². The fraction of sp³-hybridized carbons (Fsp3) is 0.545. The quantitative estimate of drug-likeness (QED) is 0.0295. The molecule has 12 aliphatic carbocycles. The SMILES string of the molecule is CCC(C)(C)C(=O)OC1C2CC3CC1CC(C2)C3OC(C)(C)c1ccc2c(c1)c(S)cc1ccccc12.CCC(C)C(=O)OC1C2CC3CC1CC(C2)C3OC(C)(C)c1ccc2c(ccc3ccc(C)cc32)c1.CCC(C)C(=O)OC1C2CC3CC1CC(C2)C3OC(C)(C)c1ccc2cc3cc(C)ccc3cc2c1. The van der Waals surface area contributed by atoms with Gasteiger partial charge in [-0.1, -0.05) is 155 Å². The molecule has 2 atom stereocenters. The monoisotopic (exact) mass is 1480 g/mol. The standard InChI is InChI=1S/C33H40O3S.2C33H40O3/c1-6-32(2,3)31(34)35-29-20-13-22-15-21(29)16-23(14-20)30(22)36-33(4,5)24-11-12-26-25-10-8-7-9-19(25)17-28(37)27(26)18-24;1-6-20(3)32(34)35-30-25-14-27-16-26(30)17-28(15-25)31(27)36-33(4,5)29-10-9-22-12-23-11-19(2)7-8-21(23)13-24(22)18-29;1-6-20(3)32(34)35-30-23-14-25-16-24(30)17-26(15-23)31(25)36-33(4,5)27-11-12-28-22(18-27)10-9-21-8-7-19(2)13-29(21)28/h7-12,17-18,20-23,29-30,37H,6,13-16H2,1-5H3;7-13,18,20,25-28,30-31H,6,14-17H2,1-5H3;7-13,18,20,23-26,30-31H,6,14-17H2,1-5H3. The molecule has 109 heavy (non-hydrogen) atoms. The minimum absolute atomic E-state index is 0.00281. The summed E-state index contributed by atoms with van der Waals surface area (Å²) in [7, 11) is 0. The second-order valence-corrected chi connectivity index (χ2v) is 38.6. The second-order valence-electron chi connectivity index (χ2n) is 38.1. The van der Waals surface area contributed by atoms with Crippen molar-refractivity contribution in [2.24, 2.45) is 88.3 Å². The van der Waals surface area contributed by atoms with Crippen LogP contribution in [0.1, 0.15) is 214 Å². The van der Waals surface area contributed by atoms with Crippen LogP contribution in [0.4, 0.5) is 0 Å². The van der Waals surface area contributed by atoms with Gasteiger partial charge in [0, 0.05) is 4.90 Å². The molecule has 0 spiro atoms. The predicted molar refractivity (Wildman–Crippen MR) is 445 cm³/mol. The summed E-state index contributed by atoms with van der Waals surface area (Å²) in [6.07, 6.45) is 17.3. The lowest BCUT2D eigenvalue weighted by atomic mass is 9.53. The van der Waals surface area contributed by atoms with Crippen LogP contribution in [0, 0.1) is 102 Å². The second kappa shape index (κ2) is 29.6. The van der Waals surface area contributed by atoms with Crippen LogP contribution in [-0.2, 0) is 59.6 Å². The number of ether oxygens (including phenoxy) is 6. The molecule has 0 heterocycles. The lowest BCUT2D eigenvalue weighted by Gasteiger charge is -2.58. The van der Waals surface area contributed by atoms with Crippen molar-refractivity contribution >= 4 is 95.2 Å². The van der Waals surface area contributed by atoms with Crippen molar-refractivity contribution in [3.8, 4) is 0 Å². The molecule has 9 aromatic carbocycles. The number of thiol groups is 1. The lowest BCUT2D eigenvalue weighted by Crippen LogP contribution is -2.58. The van der Waals surface area contributed by atoms with E-state index >= 15 is 0 Å². The summed E-state index contributed by atoms with van der Waals surface area (Å²) in [6, 6.07) is 53.6. The molecule has 0 radical (unpaired) electrons. The van der Waals surface area contributed by atoms with Gasteiger partial charge >= 0.3 is 17.9 Å². The van der Waals surface area contributed by atoms with Gasteiger partial charge in [0.2, 0.25) is 0 Å². The number of fused-ring (bicyclic) bond motifs is 8. The Balaban J connectivity index is 0.000000124. The van der Waals surface area contributed by atoms with Crippen LogP contribution in [-0.4, -0.2) is 54.5 Å². The maximum Gasteiger partial charge on any atom is 0.311 e. The summed E-state index contributed by atoms with van der Waals surface area (Å²) in [6.45, 7) is 31.9. The molecular formula is C99H120O9S. The molecule has 21 rings (SSSR count). The molecule has 12 saturated carbocycles. The molecule has 12 aliphatic rings. The molecule has 0 aromatic heterocycles. The highest BCUT2D eigenvalue weighted by Crippen LogP contribution is 2.61. The van der Waals surface area contributed by atoms with E-state index in [0.29, 0.717) is 83.2 Å². The first kappa shape index (κ1) is 76.2. The first-order valence-electron chi connectivity index (χ1n) is 42.2. The average molecular weight is 1490 g/mol. The van der Waals surface area contributed by atoms with Crippen LogP contribution in [0.15, 0.2) is 150 Å². The maximum absolute atomic E-state index is 12.8. The molecule has 0 amide bonds. The first-order valence-corrected chi connectivity index (χ1v) is 42.7. The predicted octanol–water partition coefficient (Wildman–Crippen LogP) is 24.2. The van der Waals surface area contributed by atoms with Crippen molar-refractivity contribution in [2.45, 2.75) is 258 Å². The van der Waals surface area contributed by atoms with Crippen LogP contribution in [0.3, 0.4) is 0 Å². The van der Waals surface area contributed by atoms with Crippen molar-refractivity contribution in [1.29, 1.82) is 0 Å². The summed E-state index contributed by atoms with van der Waals surface area (Å²) in [5.74, 6) is 6.47. The number of rotatable bonds is 18. The molecule has 12 fully saturated rings. The van der Waals surface area contributed by atoms with Crippen molar-refractivity contribution in [3.63, 3.8) is 0 Å². The number of aryl methyl sites for hydroxylation is 2. The van der Waals surface area contributed by atoms with Gasteiger partial charge in [0.1, 0.15) is 18.3 Å². The highest BCUT2D eigenvalue weighted by Gasteiger charge is 2.59. The third-order valence-corrected chi connectivity index (χ3v) is 29.6. The van der Waals surface area contributed by atoms with E-state index in [-0.39, 0.29) is 65.4 Å². The average Bonchev–Trinajstić information content (AvgIpc) is 0.742. The number of esters is 3. The number of carbonyl (C=O) groups is 3. The van der Waals surface area contributed by atoms with Crippen molar-refractivity contribution in [3.05, 3.63) is 173 Å². The third kappa shape index (κ3) is 14.7. The summed E-state index contributed by atoms with van der Waals surface area (Å²) >= 11 is 4.85. The zero-order valence-electron chi connectivity index (χ0n) is 67.6. The van der Waals surface area contributed by atoms with E-state index < -0.39 is 11.0 Å². The van der Waals surface area contributed by atoms with Gasteiger partial charge in [-0.05, 0) is 354 Å². The lowest BCUT2D eigenvalue weighted by molar-refractivity contribution is -0.219. The van der Waals surface area contributed by atoms with E-state index in [0.717, 1.165) is 101 Å². The minimum atomic E-state index is -0.399. The normalized spacial score (nSPS) is 29.8. The Hall–Kier alpha value is -6.82. The van der Waals surface area contributed by atoms with Crippen LogP contribution in [0.25, 0.3) is 64.6 Å². The highest BCUT2D eigenvalue weighted by molar-refractivity contribution is 7.80. The number of carbonyl (C=O) groups excluding carboxylic acids is 3. The molecule has 0 N–H and O–H groups in total. The number of hydrogen-bond donors (Lipinski definition) is 1. The zero-order valence-corrected chi connectivity index (χ0v) is 68.5. The molecule has 2 unspecified atom stereocenters. The van der Waals surface area contributed by atoms with Crippen molar-refractivity contribution < 1.29 is 42.8 Å². The molecule has 10 heteroatoms. The highest BCUT2D eigenvalue weighted by atomic mass is 32.1. The summed E-state index contributed by atoms with van der Waals surface area (Å²) in [5.41, 5.74) is 4.79. The largest absolute Gasteiger partial charge is 0.462 e. The first-order chi connectivity index (χ1) is 52.0. The van der Waals surface area contributed by atoms with Crippen LogP contribution < -0.4 is 0 Å². The van der Waals surface area contributed by atoms with Gasteiger partial charge in [0.25, 0.3) is 0 Å². The van der Waals surface area contributed by atoms with E-state index in [4.69, 9.17) is 41.0 Å². The topological polar surface area (TPSA) is 107 Å². The van der Waals surface area contributed by atoms with E-state index in [1.807, 2.05) is 27.7 Å². The Morgan fingerprint density at radius 3 is 1.17 bits per heavy atom. The number of benzene rings is 9. The van der Waals surface area contributed by atoms with Gasteiger partial charge in [-0.15, -0.1) is 12.6 Å². The van der Waals surface area contributed by atoms with Gasteiger partial charge in [-0.3, -0.25) is 14.4 Å². The molecule has 0 saturated heterocycles. The minimum Gasteiger partial charge on any atom is -0.462 e. The Morgan fingerprint density at radius 1 is 0.349 bits per heavy atom. The van der Waals surface area contributed by atoms with Crippen LogP contribution in [0.2, 0.25) is 0 Å². The summed E-state index contributed by atoms with van der Waals surface area (Å²) in [4.78, 5) is 38.9. The Bertz CT molecular complexity index is 4850. The zero-order chi connectivity index (χ0) is 76.5. The molecular weight excluding hydrogens is 1370 g/mol. The Kier molecular flexibility index (Phi) is 20.7. The number of hydrogen-bond acceptors (Lipinski definition) is 10. The van der Waals surface area contributed by atoms with Crippen LogP contribution in [0.5, 0.6) is 0 Å². The van der Waals surface area contributed by atoms with Gasteiger partial charge in [-0.25, -0.2) is 0 Å². The van der Waals surface area contributed by atoms with Gasteiger partial charge in [-0.2, -0.15) is 0 Å². The molecule has 9 aromatic rings.